The predicted molar refractivity (Wildman–Crippen MR) is 90.0 cm³/mol. The third-order valence-electron chi connectivity index (χ3n) is 4.17. The van der Waals surface area contributed by atoms with Crippen molar-refractivity contribution in [1.82, 2.24) is 15.1 Å². The molecule has 0 spiro atoms. The first-order valence-electron chi connectivity index (χ1n) is 8.43. The van der Waals surface area contributed by atoms with Crippen molar-refractivity contribution in [1.29, 1.82) is 0 Å². The minimum absolute atomic E-state index is 0.431. The number of nitrogens with one attached hydrogen (secondary N) is 1. The lowest BCUT2D eigenvalue weighted by Gasteiger charge is -2.34. The average molecular weight is 298 g/mol. The van der Waals surface area contributed by atoms with Crippen molar-refractivity contribution in [3.8, 4) is 0 Å². The number of hydrogen-bond donors (Lipinski definition) is 1. The van der Waals surface area contributed by atoms with E-state index in [9.17, 15) is 0 Å². The summed E-state index contributed by atoms with van der Waals surface area (Å²) in [4.78, 5) is 9.23. The molecule has 5 nitrogen and oxygen atoms in total. The van der Waals surface area contributed by atoms with Crippen LogP contribution in [-0.2, 0) is 4.74 Å². The van der Waals surface area contributed by atoms with Gasteiger partial charge in [0.1, 0.15) is 0 Å². The molecular weight excluding hydrogens is 264 g/mol. The topological polar surface area (TPSA) is 40.1 Å². The number of rotatable bonds is 7. The number of piperidine rings is 1. The fourth-order valence-corrected chi connectivity index (χ4v) is 2.90. The van der Waals surface area contributed by atoms with Gasteiger partial charge in [0.05, 0.1) is 6.10 Å². The first kappa shape index (κ1) is 18.2. The molecule has 124 valence electrons. The van der Waals surface area contributed by atoms with Crippen LogP contribution < -0.4 is 5.32 Å². The van der Waals surface area contributed by atoms with Crippen LogP contribution in [0.4, 0.5) is 0 Å². The van der Waals surface area contributed by atoms with Crippen molar-refractivity contribution < 1.29 is 4.74 Å². The van der Waals surface area contributed by atoms with E-state index in [1.807, 2.05) is 7.05 Å². The van der Waals surface area contributed by atoms with Gasteiger partial charge in [-0.1, -0.05) is 6.92 Å². The van der Waals surface area contributed by atoms with E-state index in [0.717, 1.165) is 58.1 Å². The van der Waals surface area contributed by atoms with Gasteiger partial charge >= 0.3 is 0 Å². The summed E-state index contributed by atoms with van der Waals surface area (Å²) in [5, 5.41) is 3.50. The van der Waals surface area contributed by atoms with E-state index in [4.69, 9.17) is 4.74 Å². The first-order valence-corrected chi connectivity index (χ1v) is 8.43. The molecule has 5 heteroatoms. The Bertz CT molecular complexity index is 299. The minimum atomic E-state index is 0.431. The summed E-state index contributed by atoms with van der Waals surface area (Å²) >= 11 is 0. The second kappa shape index (κ2) is 10.0. The zero-order valence-corrected chi connectivity index (χ0v) is 14.6. The molecule has 1 fully saturated rings. The maximum absolute atomic E-state index is 5.70. The van der Waals surface area contributed by atoms with Gasteiger partial charge in [-0.2, -0.15) is 0 Å². The van der Waals surface area contributed by atoms with E-state index in [0.29, 0.717) is 12.1 Å². The van der Waals surface area contributed by atoms with E-state index >= 15 is 0 Å². The molecule has 0 saturated carbocycles. The Morgan fingerprint density at radius 3 is 2.48 bits per heavy atom. The Balaban J connectivity index is 2.33. The highest BCUT2D eigenvalue weighted by molar-refractivity contribution is 5.79. The SMILES string of the molecule is CCOC1CCN(C(=NC)NCCN(CC)C(C)C)CC1. The molecule has 0 bridgehead atoms. The van der Waals surface area contributed by atoms with Crippen LogP contribution in [0.2, 0.25) is 0 Å². The minimum Gasteiger partial charge on any atom is -0.378 e. The van der Waals surface area contributed by atoms with Crippen molar-refractivity contribution >= 4 is 5.96 Å². The molecule has 0 aliphatic carbocycles. The summed E-state index contributed by atoms with van der Waals surface area (Å²) in [5.74, 6) is 1.03. The van der Waals surface area contributed by atoms with E-state index in [1.54, 1.807) is 0 Å². The lowest BCUT2D eigenvalue weighted by molar-refractivity contribution is 0.0263. The molecule has 0 atom stereocenters. The Kier molecular flexibility index (Phi) is 8.69. The predicted octanol–water partition coefficient (Wildman–Crippen LogP) is 1.79. The molecule has 0 aromatic carbocycles. The monoisotopic (exact) mass is 298 g/mol. The second-order valence-corrected chi connectivity index (χ2v) is 5.84. The number of ether oxygens (including phenoxy) is 1. The fraction of sp³-hybridized carbons (Fsp3) is 0.938. The van der Waals surface area contributed by atoms with Crippen molar-refractivity contribution in [2.45, 2.75) is 52.7 Å². The van der Waals surface area contributed by atoms with Gasteiger partial charge in [0.15, 0.2) is 5.96 Å². The molecule has 1 aliphatic heterocycles. The maximum Gasteiger partial charge on any atom is 0.193 e. The largest absolute Gasteiger partial charge is 0.378 e. The number of aliphatic imine (C=N–C) groups is 1. The van der Waals surface area contributed by atoms with Crippen LogP contribution in [0.3, 0.4) is 0 Å². The summed E-state index contributed by atoms with van der Waals surface area (Å²) in [6.07, 6.45) is 2.63. The average Bonchev–Trinajstić information content (AvgIpc) is 2.48. The fourth-order valence-electron chi connectivity index (χ4n) is 2.90. The van der Waals surface area contributed by atoms with Gasteiger partial charge < -0.3 is 15.0 Å². The molecule has 21 heavy (non-hydrogen) atoms. The summed E-state index contributed by atoms with van der Waals surface area (Å²) in [6, 6.07) is 0.598. The molecule has 1 rings (SSSR count). The van der Waals surface area contributed by atoms with Crippen LogP contribution in [0, 0.1) is 0 Å². The molecular formula is C16H34N4O. The van der Waals surface area contributed by atoms with Crippen LogP contribution in [0.25, 0.3) is 0 Å². The van der Waals surface area contributed by atoms with Crippen molar-refractivity contribution in [2.75, 3.05) is 46.4 Å². The van der Waals surface area contributed by atoms with Gasteiger partial charge in [-0.25, -0.2) is 0 Å². The number of nitrogens with zero attached hydrogens (tertiary/aromatic N) is 3. The zero-order valence-electron chi connectivity index (χ0n) is 14.6. The van der Waals surface area contributed by atoms with Crippen LogP contribution in [0.15, 0.2) is 4.99 Å². The zero-order chi connectivity index (χ0) is 15.7. The van der Waals surface area contributed by atoms with Crippen LogP contribution in [0.1, 0.15) is 40.5 Å². The summed E-state index contributed by atoms with van der Waals surface area (Å²) in [5.41, 5.74) is 0. The summed E-state index contributed by atoms with van der Waals surface area (Å²) in [6.45, 7) is 14.8. The normalized spacial score (nSPS) is 17.9. The number of hydrogen-bond acceptors (Lipinski definition) is 3. The smallest absolute Gasteiger partial charge is 0.193 e. The maximum atomic E-state index is 5.70. The molecule has 0 aromatic heterocycles. The highest BCUT2D eigenvalue weighted by Crippen LogP contribution is 2.13. The van der Waals surface area contributed by atoms with Crippen molar-refractivity contribution in [3.63, 3.8) is 0 Å². The Morgan fingerprint density at radius 1 is 1.33 bits per heavy atom. The molecule has 1 heterocycles. The van der Waals surface area contributed by atoms with Crippen LogP contribution in [0.5, 0.6) is 0 Å². The summed E-state index contributed by atoms with van der Waals surface area (Å²) < 4.78 is 5.70. The third kappa shape index (κ3) is 6.22. The molecule has 1 saturated heterocycles. The number of likely N-dealkylation sites (N-methyl/N-ethyl adjacent to an activating group) is 1. The Hall–Kier alpha value is -0.810. The molecule has 1 aliphatic rings. The quantitative estimate of drug-likeness (QED) is 0.575. The lowest BCUT2D eigenvalue weighted by Crippen LogP contribution is -2.48. The van der Waals surface area contributed by atoms with Crippen molar-refractivity contribution in [2.24, 2.45) is 4.99 Å². The van der Waals surface area contributed by atoms with Crippen LogP contribution >= 0.6 is 0 Å². The Labute approximate surface area is 130 Å². The second-order valence-electron chi connectivity index (χ2n) is 5.84. The third-order valence-corrected chi connectivity index (χ3v) is 4.17. The van der Waals surface area contributed by atoms with Gasteiger partial charge in [0.2, 0.25) is 0 Å². The van der Waals surface area contributed by atoms with Gasteiger partial charge in [0, 0.05) is 45.9 Å². The number of guanidine groups is 1. The highest BCUT2D eigenvalue weighted by atomic mass is 16.5. The molecule has 0 aromatic rings. The molecule has 0 unspecified atom stereocenters. The summed E-state index contributed by atoms with van der Waals surface area (Å²) in [7, 11) is 1.87. The Morgan fingerprint density at radius 2 is 2.00 bits per heavy atom. The van der Waals surface area contributed by atoms with E-state index in [-0.39, 0.29) is 0 Å². The molecule has 1 N–H and O–H groups in total. The number of likely N-dealkylation sites (tertiary alicyclic amines) is 1. The van der Waals surface area contributed by atoms with Gasteiger partial charge in [-0.15, -0.1) is 0 Å². The van der Waals surface area contributed by atoms with E-state index < -0.39 is 0 Å². The van der Waals surface area contributed by atoms with Gasteiger partial charge in [-0.05, 0) is 40.2 Å². The van der Waals surface area contributed by atoms with E-state index in [2.05, 4.69) is 47.8 Å². The molecule has 0 amide bonds. The van der Waals surface area contributed by atoms with E-state index in [1.165, 1.54) is 0 Å². The van der Waals surface area contributed by atoms with Gasteiger partial charge in [-0.3, -0.25) is 9.89 Å². The highest BCUT2D eigenvalue weighted by Gasteiger charge is 2.21. The molecule has 0 radical (unpaired) electrons. The van der Waals surface area contributed by atoms with Crippen LogP contribution in [-0.4, -0.2) is 74.3 Å². The van der Waals surface area contributed by atoms with Gasteiger partial charge in [0.25, 0.3) is 0 Å². The first-order chi connectivity index (χ1) is 10.1. The van der Waals surface area contributed by atoms with Crippen molar-refractivity contribution in [3.05, 3.63) is 0 Å². The standard InChI is InChI=1S/C16H34N4O/c1-6-19(14(3)4)13-10-18-16(17-5)20-11-8-15(9-12-20)21-7-2/h14-15H,6-13H2,1-5H3,(H,17,18). The lowest BCUT2D eigenvalue weighted by atomic mass is 10.1.